The second-order valence-corrected chi connectivity index (χ2v) is 8.07. The fourth-order valence-corrected chi connectivity index (χ4v) is 5.67. The Balaban J connectivity index is 1.46. The zero-order valence-electron chi connectivity index (χ0n) is 12.6. The van der Waals surface area contributed by atoms with E-state index in [1.807, 2.05) is 0 Å². The van der Waals surface area contributed by atoms with E-state index >= 15 is 0 Å². The minimum atomic E-state index is -0.201. The molecule has 4 aliphatic rings. The van der Waals surface area contributed by atoms with Crippen LogP contribution in [0, 0.1) is 23.2 Å². The lowest BCUT2D eigenvalue weighted by atomic mass is 9.49. The molecule has 118 valence electrons. The summed E-state index contributed by atoms with van der Waals surface area (Å²) in [6.07, 6.45) is 8.06. The average molecular weight is 320 g/mol. The van der Waals surface area contributed by atoms with Crippen molar-refractivity contribution >= 4 is 23.3 Å². The first-order valence-electron chi connectivity index (χ1n) is 8.23. The van der Waals surface area contributed by atoms with Crippen LogP contribution in [0.25, 0.3) is 0 Å². The highest BCUT2D eigenvalue weighted by Gasteiger charge is 2.50. The summed E-state index contributed by atoms with van der Waals surface area (Å²) in [4.78, 5) is 16.5. The van der Waals surface area contributed by atoms with Gasteiger partial charge in [0.2, 0.25) is 0 Å². The Kier molecular flexibility index (Phi) is 3.33. The van der Waals surface area contributed by atoms with E-state index in [0.29, 0.717) is 16.3 Å². The van der Waals surface area contributed by atoms with Gasteiger partial charge in [-0.2, -0.15) is 0 Å². The fraction of sp³-hybridized carbons (Fsp3) is 0.647. The number of hydrogen-bond acceptors (Lipinski definition) is 3. The molecule has 4 nitrogen and oxygen atoms in total. The summed E-state index contributed by atoms with van der Waals surface area (Å²) in [6, 6.07) is 3.24. The minimum absolute atomic E-state index is 0.201. The Bertz CT molecular complexity index is 581. The van der Waals surface area contributed by atoms with Crippen LogP contribution in [0.4, 0.5) is 5.82 Å². The topological polar surface area (TPSA) is 68.0 Å². The van der Waals surface area contributed by atoms with Crippen LogP contribution in [-0.4, -0.2) is 17.4 Å². The normalized spacial score (nSPS) is 35.6. The second-order valence-electron chi connectivity index (χ2n) is 7.67. The Morgan fingerprint density at radius 1 is 1.23 bits per heavy atom. The van der Waals surface area contributed by atoms with E-state index in [0.717, 1.165) is 24.3 Å². The van der Waals surface area contributed by atoms with Crippen molar-refractivity contribution in [3.8, 4) is 0 Å². The third-order valence-electron chi connectivity index (χ3n) is 5.87. The van der Waals surface area contributed by atoms with Gasteiger partial charge in [-0.25, -0.2) is 4.98 Å². The largest absolute Gasteiger partial charge is 0.384 e. The first-order valence-corrected chi connectivity index (χ1v) is 8.61. The molecule has 1 heterocycles. The van der Waals surface area contributed by atoms with Gasteiger partial charge in [0.05, 0.1) is 5.02 Å². The number of hydrogen-bond donors (Lipinski definition) is 2. The van der Waals surface area contributed by atoms with Crippen molar-refractivity contribution in [2.24, 2.45) is 23.2 Å². The number of nitrogens with one attached hydrogen (secondary N) is 1. The molecule has 22 heavy (non-hydrogen) atoms. The molecule has 0 aromatic carbocycles. The number of rotatable bonds is 3. The van der Waals surface area contributed by atoms with Gasteiger partial charge in [0, 0.05) is 6.54 Å². The van der Waals surface area contributed by atoms with Crippen molar-refractivity contribution < 1.29 is 4.79 Å². The summed E-state index contributed by atoms with van der Waals surface area (Å²) in [5.41, 5.74) is 6.22. The summed E-state index contributed by atoms with van der Waals surface area (Å²) >= 11 is 6.07. The van der Waals surface area contributed by atoms with Crippen LogP contribution in [0.1, 0.15) is 49.0 Å². The predicted octanol–water partition coefficient (Wildman–Crippen LogP) is 3.26. The maximum Gasteiger partial charge on any atom is 0.271 e. The smallest absolute Gasteiger partial charge is 0.271 e. The number of nitrogens with zero attached hydrogens (tertiary/aromatic N) is 1. The van der Waals surface area contributed by atoms with E-state index < -0.39 is 0 Å². The van der Waals surface area contributed by atoms with Crippen molar-refractivity contribution in [1.29, 1.82) is 0 Å². The van der Waals surface area contributed by atoms with E-state index in [1.165, 1.54) is 38.5 Å². The summed E-state index contributed by atoms with van der Waals surface area (Å²) < 4.78 is 0. The molecule has 0 atom stereocenters. The third kappa shape index (κ3) is 2.47. The Labute approximate surface area is 135 Å². The molecule has 0 aliphatic heterocycles. The number of anilines is 1. The number of nitrogen functional groups attached to an aromatic ring is 1. The quantitative estimate of drug-likeness (QED) is 0.898. The number of aromatic nitrogens is 1. The Morgan fingerprint density at radius 3 is 2.41 bits per heavy atom. The molecular formula is C17H22ClN3O. The molecule has 1 amide bonds. The van der Waals surface area contributed by atoms with Gasteiger partial charge in [-0.05, 0) is 73.8 Å². The van der Waals surface area contributed by atoms with E-state index in [2.05, 4.69) is 10.3 Å². The molecule has 1 aromatic heterocycles. The highest BCUT2D eigenvalue weighted by Crippen LogP contribution is 2.59. The van der Waals surface area contributed by atoms with Crippen molar-refractivity contribution in [2.45, 2.75) is 38.5 Å². The van der Waals surface area contributed by atoms with Crippen LogP contribution in [0.3, 0.4) is 0 Å². The number of carbonyl (C=O) groups is 1. The molecule has 3 N–H and O–H groups in total. The molecule has 1 aromatic rings. The maximum absolute atomic E-state index is 12.4. The zero-order valence-corrected chi connectivity index (χ0v) is 13.4. The van der Waals surface area contributed by atoms with Crippen LogP contribution in [0.15, 0.2) is 12.1 Å². The summed E-state index contributed by atoms with van der Waals surface area (Å²) in [5, 5.41) is 3.44. The van der Waals surface area contributed by atoms with Crippen molar-refractivity contribution in [3.63, 3.8) is 0 Å². The summed E-state index contributed by atoms with van der Waals surface area (Å²) in [6.45, 7) is 0.752. The van der Waals surface area contributed by atoms with Gasteiger partial charge in [0.1, 0.15) is 11.5 Å². The zero-order chi connectivity index (χ0) is 15.3. The van der Waals surface area contributed by atoms with Gasteiger partial charge in [0.15, 0.2) is 0 Å². The predicted molar refractivity (Wildman–Crippen MR) is 86.6 cm³/mol. The highest BCUT2D eigenvalue weighted by molar-refractivity contribution is 6.33. The fourth-order valence-electron chi connectivity index (χ4n) is 5.47. The molecule has 0 spiro atoms. The van der Waals surface area contributed by atoms with Crippen molar-refractivity contribution in [3.05, 3.63) is 22.8 Å². The van der Waals surface area contributed by atoms with Gasteiger partial charge < -0.3 is 11.1 Å². The third-order valence-corrected chi connectivity index (χ3v) is 6.18. The van der Waals surface area contributed by atoms with E-state index in [9.17, 15) is 4.79 Å². The number of nitrogens with two attached hydrogens (primary N) is 1. The molecule has 4 bridgehead atoms. The number of halogens is 1. The maximum atomic E-state index is 12.4. The van der Waals surface area contributed by atoms with Gasteiger partial charge >= 0.3 is 0 Å². The SMILES string of the molecule is Nc1ccc(Cl)c(C(=O)NCC23CC4CC(CC(C4)C2)C3)n1. The molecule has 4 aliphatic carbocycles. The molecule has 0 unspecified atom stereocenters. The van der Waals surface area contributed by atoms with Gasteiger partial charge in [0.25, 0.3) is 5.91 Å². The van der Waals surface area contributed by atoms with Gasteiger partial charge in [-0.1, -0.05) is 11.6 Å². The van der Waals surface area contributed by atoms with Crippen LogP contribution < -0.4 is 11.1 Å². The molecule has 4 saturated carbocycles. The van der Waals surface area contributed by atoms with Gasteiger partial charge in [-0.15, -0.1) is 0 Å². The van der Waals surface area contributed by atoms with Crippen molar-refractivity contribution in [1.82, 2.24) is 10.3 Å². The Morgan fingerprint density at radius 2 is 1.82 bits per heavy atom. The Hall–Kier alpha value is -1.29. The van der Waals surface area contributed by atoms with Crippen LogP contribution in [-0.2, 0) is 0 Å². The molecule has 4 fully saturated rings. The van der Waals surface area contributed by atoms with Crippen molar-refractivity contribution in [2.75, 3.05) is 12.3 Å². The minimum Gasteiger partial charge on any atom is -0.384 e. The standard InChI is InChI=1S/C17H22ClN3O/c18-13-1-2-14(19)21-15(13)16(22)20-9-17-6-10-3-11(7-17)5-12(4-10)8-17/h1-2,10-12H,3-9H2,(H2,19,21)(H,20,22). The van der Waals surface area contributed by atoms with Gasteiger partial charge in [-0.3, -0.25) is 4.79 Å². The highest BCUT2D eigenvalue weighted by atomic mass is 35.5. The molecular weight excluding hydrogens is 298 g/mol. The number of amides is 1. The van der Waals surface area contributed by atoms with E-state index in [1.54, 1.807) is 12.1 Å². The summed E-state index contributed by atoms with van der Waals surface area (Å²) in [5.74, 6) is 2.78. The lowest BCUT2D eigenvalue weighted by Crippen LogP contribution is -2.51. The van der Waals surface area contributed by atoms with Crippen LogP contribution in [0.2, 0.25) is 5.02 Å². The van der Waals surface area contributed by atoms with Crippen LogP contribution >= 0.6 is 11.6 Å². The van der Waals surface area contributed by atoms with E-state index in [4.69, 9.17) is 17.3 Å². The average Bonchev–Trinajstić information content (AvgIpc) is 2.46. The molecule has 0 radical (unpaired) electrons. The second kappa shape index (κ2) is 5.12. The lowest BCUT2D eigenvalue weighted by molar-refractivity contribution is -0.0503. The molecule has 0 saturated heterocycles. The summed E-state index contributed by atoms with van der Waals surface area (Å²) in [7, 11) is 0. The number of pyridine rings is 1. The number of carbonyl (C=O) groups excluding carboxylic acids is 1. The first-order chi connectivity index (χ1) is 10.5. The van der Waals surface area contributed by atoms with E-state index in [-0.39, 0.29) is 11.6 Å². The molecule has 5 rings (SSSR count). The molecule has 5 heteroatoms. The lowest BCUT2D eigenvalue weighted by Gasteiger charge is -2.56. The first kappa shape index (κ1) is 14.3. The van der Waals surface area contributed by atoms with Crippen LogP contribution in [0.5, 0.6) is 0 Å². The monoisotopic (exact) mass is 319 g/mol.